The van der Waals surface area contributed by atoms with E-state index in [9.17, 15) is 0 Å². The summed E-state index contributed by atoms with van der Waals surface area (Å²) in [5, 5.41) is 10.1. The highest BCUT2D eigenvalue weighted by Gasteiger charge is 2.19. The van der Waals surface area contributed by atoms with Crippen LogP contribution in [0.5, 0.6) is 0 Å². The zero-order valence-electron chi connectivity index (χ0n) is 23.7. The highest BCUT2D eigenvalue weighted by molar-refractivity contribution is 6.26. The molecule has 0 N–H and O–H groups in total. The van der Waals surface area contributed by atoms with Gasteiger partial charge in [0.15, 0.2) is 0 Å². The van der Waals surface area contributed by atoms with Crippen LogP contribution in [-0.4, -0.2) is 4.98 Å². The van der Waals surface area contributed by atoms with Gasteiger partial charge in [-0.25, -0.2) is 0 Å². The first-order valence-corrected chi connectivity index (χ1v) is 14.5. The molecular weight excluding hydrogens is 506 g/mol. The predicted octanol–water partition coefficient (Wildman–Crippen LogP) is 11.3. The van der Waals surface area contributed by atoms with Gasteiger partial charge in [0.2, 0.25) is 0 Å². The summed E-state index contributed by atoms with van der Waals surface area (Å²) in [7, 11) is 0. The number of rotatable bonds is 3. The second kappa shape index (κ2) is 9.68. The number of pyridine rings is 1. The highest BCUT2D eigenvalue weighted by Crippen LogP contribution is 2.47. The maximum Gasteiger partial charge on any atom is 0.0346 e. The fraction of sp³-hybridized carbons (Fsp3) is 0.0488. The molecule has 0 fully saturated rings. The number of benzene rings is 7. The standard InChI is InChI=1S/C41H29N/c1-26-10-7-13-29(20-26)40-33-17-5-6-18-34(33)41(30-14-8-11-27(2)21-30)39-24-37-35(31-15-9-19-42-25-31)22-28-12-3-4-16-32(28)36(37)23-38(39)40/h3-25H,1-2H3. The van der Waals surface area contributed by atoms with Gasteiger partial charge in [0.05, 0.1) is 0 Å². The van der Waals surface area contributed by atoms with E-state index in [4.69, 9.17) is 0 Å². The minimum Gasteiger partial charge on any atom is -0.264 e. The number of fused-ring (bicyclic) bond motifs is 5. The van der Waals surface area contributed by atoms with Crippen LogP contribution < -0.4 is 0 Å². The summed E-state index contributed by atoms with van der Waals surface area (Å²) in [4.78, 5) is 4.49. The molecule has 1 nitrogen and oxygen atoms in total. The Kier molecular flexibility index (Phi) is 5.65. The van der Waals surface area contributed by atoms with Gasteiger partial charge in [-0.3, -0.25) is 4.98 Å². The molecule has 0 saturated carbocycles. The van der Waals surface area contributed by atoms with Crippen molar-refractivity contribution in [3.63, 3.8) is 0 Å². The molecule has 1 aromatic heterocycles. The topological polar surface area (TPSA) is 12.9 Å². The third-order valence-electron chi connectivity index (χ3n) is 8.59. The summed E-state index contributed by atoms with van der Waals surface area (Å²) < 4.78 is 0. The first-order valence-electron chi connectivity index (χ1n) is 14.5. The van der Waals surface area contributed by atoms with Gasteiger partial charge in [-0.05, 0) is 109 Å². The molecule has 0 bridgehead atoms. The van der Waals surface area contributed by atoms with Gasteiger partial charge in [0.25, 0.3) is 0 Å². The van der Waals surface area contributed by atoms with Crippen molar-refractivity contribution in [3.05, 3.63) is 151 Å². The SMILES string of the molecule is Cc1cccc(-c2c3ccccc3c(-c3cccc(C)c3)c3cc4c(cc23)c(-c2cccnc2)cc2ccccc24)c1. The largest absolute Gasteiger partial charge is 0.264 e. The Balaban J connectivity index is 1.65. The van der Waals surface area contributed by atoms with Crippen LogP contribution in [0, 0.1) is 13.8 Å². The second-order valence-electron chi connectivity index (χ2n) is 11.4. The van der Waals surface area contributed by atoms with Gasteiger partial charge >= 0.3 is 0 Å². The minimum atomic E-state index is 1.13. The number of hydrogen-bond donors (Lipinski definition) is 0. The van der Waals surface area contributed by atoms with Crippen LogP contribution in [-0.2, 0) is 0 Å². The molecule has 0 saturated heterocycles. The van der Waals surface area contributed by atoms with Crippen LogP contribution in [0.2, 0.25) is 0 Å². The Labute approximate surface area is 245 Å². The van der Waals surface area contributed by atoms with Gasteiger partial charge in [0, 0.05) is 18.0 Å². The highest BCUT2D eigenvalue weighted by atomic mass is 14.6. The van der Waals surface area contributed by atoms with Crippen molar-refractivity contribution in [1.29, 1.82) is 0 Å². The van der Waals surface area contributed by atoms with Gasteiger partial charge in [0.1, 0.15) is 0 Å². The van der Waals surface area contributed by atoms with Crippen molar-refractivity contribution in [2.24, 2.45) is 0 Å². The predicted molar refractivity (Wildman–Crippen MR) is 180 cm³/mol. The smallest absolute Gasteiger partial charge is 0.0346 e. The first kappa shape index (κ1) is 24.5. The number of nitrogens with zero attached hydrogens (tertiary/aromatic N) is 1. The monoisotopic (exact) mass is 535 g/mol. The average molecular weight is 536 g/mol. The van der Waals surface area contributed by atoms with E-state index in [-0.39, 0.29) is 0 Å². The lowest BCUT2D eigenvalue weighted by atomic mass is 9.83. The summed E-state index contributed by atoms with van der Waals surface area (Å²) in [5.41, 5.74) is 9.93. The summed E-state index contributed by atoms with van der Waals surface area (Å²) in [6.45, 7) is 4.36. The van der Waals surface area contributed by atoms with Crippen molar-refractivity contribution >= 4 is 43.1 Å². The molecule has 1 heteroatoms. The van der Waals surface area contributed by atoms with E-state index in [1.54, 1.807) is 0 Å². The fourth-order valence-corrected chi connectivity index (χ4v) is 6.75. The van der Waals surface area contributed by atoms with Crippen LogP contribution in [0.4, 0.5) is 0 Å². The maximum atomic E-state index is 4.49. The minimum absolute atomic E-state index is 1.13. The van der Waals surface area contributed by atoms with E-state index in [2.05, 4.69) is 140 Å². The summed E-state index contributed by atoms with van der Waals surface area (Å²) in [6, 6.07) is 47.0. The van der Waals surface area contributed by atoms with E-state index in [1.165, 1.54) is 82.0 Å². The van der Waals surface area contributed by atoms with Crippen molar-refractivity contribution in [2.75, 3.05) is 0 Å². The molecule has 7 aromatic carbocycles. The van der Waals surface area contributed by atoms with E-state index in [0.29, 0.717) is 0 Å². The molecule has 8 rings (SSSR count). The van der Waals surface area contributed by atoms with E-state index in [0.717, 1.165) is 5.56 Å². The van der Waals surface area contributed by atoms with Gasteiger partial charge in [-0.1, -0.05) is 114 Å². The second-order valence-corrected chi connectivity index (χ2v) is 11.4. The van der Waals surface area contributed by atoms with Gasteiger partial charge in [-0.2, -0.15) is 0 Å². The molecule has 0 aliphatic carbocycles. The molecule has 0 spiro atoms. The van der Waals surface area contributed by atoms with Crippen LogP contribution in [0.3, 0.4) is 0 Å². The summed E-state index contributed by atoms with van der Waals surface area (Å²) in [5.74, 6) is 0. The molecule has 0 amide bonds. The quantitative estimate of drug-likeness (QED) is 0.162. The van der Waals surface area contributed by atoms with Crippen molar-refractivity contribution in [2.45, 2.75) is 13.8 Å². The van der Waals surface area contributed by atoms with E-state index in [1.807, 2.05) is 18.5 Å². The fourth-order valence-electron chi connectivity index (χ4n) is 6.75. The molecule has 0 unspecified atom stereocenters. The Morgan fingerprint density at radius 1 is 0.405 bits per heavy atom. The lowest BCUT2D eigenvalue weighted by molar-refractivity contribution is 1.33. The Hall–Kier alpha value is -5.27. The average Bonchev–Trinajstić information content (AvgIpc) is 3.02. The van der Waals surface area contributed by atoms with Crippen molar-refractivity contribution < 1.29 is 0 Å². The zero-order valence-corrected chi connectivity index (χ0v) is 23.7. The molecule has 42 heavy (non-hydrogen) atoms. The third-order valence-corrected chi connectivity index (χ3v) is 8.59. The van der Waals surface area contributed by atoms with Gasteiger partial charge < -0.3 is 0 Å². The number of aromatic nitrogens is 1. The Bertz CT molecular complexity index is 2310. The zero-order chi connectivity index (χ0) is 28.2. The normalized spacial score (nSPS) is 11.6. The molecule has 1 heterocycles. The lowest BCUT2D eigenvalue weighted by Gasteiger charge is -2.20. The van der Waals surface area contributed by atoms with Crippen LogP contribution in [0.1, 0.15) is 11.1 Å². The van der Waals surface area contributed by atoms with Crippen molar-refractivity contribution in [1.82, 2.24) is 4.98 Å². The first-order chi connectivity index (χ1) is 20.7. The number of aryl methyl sites for hydroxylation is 2. The molecule has 0 aliphatic heterocycles. The summed E-state index contributed by atoms with van der Waals surface area (Å²) in [6.07, 6.45) is 3.83. The molecule has 0 atom stereocenters. The van der Waals surface area contributed by atoms with Crippen LogP contribution in [0.25, 0.3) is 76.5 Å². The van der Waals surface area contributed by atoms with Gasteiger partial charge in [-0.15, -0.1) is 0 Å². The van der Waals surface area contributed by atoms with E-state index < -0.39 is 0 Å². The number of hydrogen-bond acceptors (Lipinski definition) is 1. The Morgan fingerprint density at radius 2 is 0.976 bits per heavy atom. The third kappa shape index (κ3) is 3.89. The molecule has 198 valence electrons. The Morgan fingerprint density at radius 3 is 1.57 bits per heavy atom. The summed E-state index contributed by atoms with van der Waals surface area (Å²) >= 11 is 0. The molecule has 0 aliphatic rings. The molecule has 8 aromatic rings. The maximum absolute atomic E-state index is 4.49. The molecular formula is C41H29N. The van der Waals surface area contributed by atoms with Crippen LogP contribution in [0.15, 0.2) is 140 Å². The van der Waals surface area contributed by atoms with E-state index >= 15 is 0 Å². The lowest BCUT2D eigenvalue weighted by Crippen LogP contribution is -1.93. The molecule has 0 radical (unpaired) electrons. The van der Waals surface area contributed by atoms with Crippen molar-refractivity contribution in [3.8, 4) is 33.4 Å². The van der Waals surface area contributed by atoms with Crippen LogP contribution >= 0.6 is 0 Å².